The average molecular weight is 207 g/mol. The number of hydrogen-bond donors (Lipinski definition) is 1. The van der Waals surface area contributed by atoms with Gasteiger partial charge < -0.3 is 10.0 Å². The highest BCUT2D eigenvalue weighted by atomic mass is 16.3. The minimum Gasteiger partial charge on any atom is -0.392 e. The van der Waals surface area contributed by atoms with Crippen LogP contribution in [0.25, 0.3) is 0 Å². The first-order valence-corrected chi connectivity index (χ1v) is 5.69. The van der Waals surface area contributed by atoms with Gasteiger partial charge in [0, 0.05) is 23.8 Å². The topological polar surface area (TPSA) is 23.5 Å². The van der Waals surface area contributed by atoms with Crippen LogP contribution in [-0.4, -0.2) is 17.7 Å². The molecule has 0 aromatic heterocycles. The van der Waals surface area contributed by atoms with E-state index in [1.54, 1.807) is 0 Å². The van der Waals surface area contributed by atoms with Gasteiger partial charge in [0.15, 0.2) is 0 Å². The summed E-state index contributed by atoms with van der Waals surface area (Å²) in [5, 5.41) is 9.29. The zero-order chi connectivity index (χ0) is 11.3. The van der Waals surface area contributed by atoms with Crippen molar-refractivity contribution in [1.82, 2.24) is 0 Å². The molecule has 1 N–H and O–H groups in total. The van der Waals surface area contributed by atoms with Gasteiger partial charge in [-0.15, -0.1) is 0 Å². The summed E-state index contributed by atoms with van der Waals surface area (Å²) in [4.78, 5) is 2.34. The van der Waals surface area contributed by atoms with Crippen molar-refractivity contribution in [3.8, 4) is 0 Å². The van der Waals surface area contributed by atoms with Crippen molar-refractivity contribution < 1.29 is 5.11 Å². The van der Waals surface area contributed by atoms with Gasteiger partial charge in [0.2, 0.25) is 0 Å². The second-order valence-corrected chi connectivity index (χ2v) is 3.83. The molecule has 84 valence electrons. The van der Waals surface area contributed by atoms with Crippen molar-refractivity contribution in [3.05, 3.63) is 29.8 Å². The summed E-state index contributed by atoms with van der Waals surface area (Å²) >= 11 is 0. The van der Waals surface area contributed by atoms with E-state index in [-0.39, 0.29) is 6.61 Å². The molecular weight excluding hydrogens is 186 g/mol. The number of aliphatic hydroxyl groups excluding tert-OH is 1. The highest BCUT2D eigenvalue weighted by molar-refractivity contribution is 5.54. The van der Waals surface area contributed by atoms with E-state index < -0.39 is 0 Å². The molecule has 1 rings (SSSR count). The van der Waals surface area contributed by atoms with Gasteiger partial charge in [-0.3, -0.25) is 0 Å². The third-order valence-corrected chi connectivity index (χ3v) is 2.93. The Kier molecular flexibility index (Phi) is 4.63. The zero-order valence-corrected chi connectivity index (χ0v) is 9.90. The van der Waals surface area contributed by atoms with Gasteiger partial charge in [0.05, 0.1) is 6.61 Å². The number of benzene rings is 1. The lowest BCUT2D eigenvalue weighted by molar-refractivity contribution is 0.282. The van der Waals surface area contributed by atoms with E-state index in [2.05, 4.69) is 31.7 Å². The van der Waals surface area contributed by atoms with Gasteiger partial charge in [0.1, 0.15) is 0 Å². The van der Waals surface area contributed by atoms with Crippen LogP contribution in [-0.2, 0) is 6.61 Å². The quantitative estimate of drug-likeness (QED) is 0.802. The van der Waals surface area contributed by atoms with E-state index in [4.69, 9.17) is 0 Å². The summed E-state index contributed by atoms with van der Waals surface area (Å²) in [7, 11) is 0. The minimum absolute atomic E-state index is 0.114. The molecule has 2 nitrogen and oxygen atoms in total. The number of aliphatic hydroxyl groups is 1. The van der Waals surface area contributed by atoms with Crippen LogP contribution in [0.15, 0.2) is 24.3 Å². The molecule has 0 fully saturated rings. The first-order valence-electron chi connectivity index (χ1n) is 5.69. The normalized spacial score (nSPS) is 12.5. The van der Waals surface area contributed by atoms with Crippen LogP contribution < -0.4 is 4.90 Å². The highest BCUT2D eigenvalue weighted by Crippen LogP contribution is 2.23. The summed E-state index contributed by atoms with van der Waals surface area (Å²) in [6.45, 7) is 7.65. The molecule has 0 saturated heterocycles. The molecule has 1 unspecified atom stereocenters. The molecule has 1 atom stereocenters. The van der Waals surface area contributed by atoms with Crippen molar-refractivity contribution >= 4 is 5.69 Å². The fourth-order valence-corrected chi connectivity index (χ4v) is 1.86. The van der Waals surface area contributed by atoms with Crippen molar-refractivity contribution in [2.24, 2.45) is 0 Å². The molecule has 0 heterocycles. The maximum absolute atomic E-state index is 9.29. The number of hydrogen-bond acceptors (Lipinski definition) is 2. The van der Waals surface area contributed by atoms with Gasteiger partial charge in [-0.05, 0) is 26.3 Å². The molecule has 1 aromatic carbocycles. The Morgan fingerprint density at radius 1 is 1.27 bits per heavy atom. The molecule has 0 bridgehead atoms. The van der Waals surface area contributed by atoms with Gasteiger partial charge in [-0.2, -0.15) is 0 Å². The van der Waals surface area contributed by atoms with E-state index in [0.717, 1.165) is 24.2 Å². The molecule has 0 radical (unpaired) electrons. The summed E-state index contributed by atoms with van der Waals surface area (Å²) in [6.07, 6.45) is 1.12. The molecule has 0 saturated carbocycles. The fourth-order valence-electron chi connectivity index (χ4n) is 1.86. The van der Waals surface area contributed by atoms with Crippen LogP contribution in [0.4, 0.5) is 5.69 Å². The Labute approximate surface area is 92.5 Å². The maximum Gasteiger partial charge on any atom is 0.0702 e. The predicted octanol–water partition coefficient (Wildman–Crippen LogP) is 2.80. The van der Waals surface area contributed by atoms with Crippen molar-refractivity contribution in [2.75, 3.05) is 11.4 Å². The first-order chi connectivity index (χ1) is 7.24. The third-order valence-electron chi connectivity index (χ3n) is 2.93. The number of para-hydroxylation sites is 1. The molecule has 0 spiro atoms. The fraction of sp³-hybridized carbons (Fsp3) is 0.538. The lowest BCUT2D eigenvalue weighted by Gasteiger charge is -2.31. The Morgan fingerprint density at radius 3 is 2.47 bits per heavy atom. The van der Waals surface area contributed by atoms with Gasteiger partial charge in [-0.1, -0.05) is 25.1 Å². The predicted molar refractivity (Wildman–Crippen MR) is 65.1 cm³/mol. The Bertz CT molecular complexity index is 298. The van der Waals surface area contributed by atoms with E-state index in [1.165, 1.54) is 0 Å². The van der Waals surface area contributed by atoms with Gasteiger partial charge >= 0.3 is 0 Å². The van der Waals surface area contributed by atoms with Gasteiger partial charge in [-0.25, -0.2) is 0 Å². The second kappa shape index (κ2) is 5.76. The zero-order valence-electron chi connectivity index (χ0n) is 9.90. The highest BCUT2D eigenvalue weighted by Gasteiger charge is 2.13. The number of nitrogens with zero attached hydrogens (tertiary/aromatic N) is 1. The first kappa shape index (κ1) is 12.1. The van der Waals surface area contributed by atoms with Crippen molar-refractivity contribution in [1.29, 1.82) is 0 Å². The molecule has 0 amide bonds. The lowest BCUT2D eigenvalue weighted by atomic mass is 10.1. The minimum atomic E-state index is 0.114. The van der Waals surface area contributed by atoms with E-state index in [0.29, 0.717) is 6.04 Å². The molecule has 15 heavy (non-hydrogen) atoms. The standard InChI is InChI=1S/C13H21NO/c1-4-11(3)14(5-2)13-9-7-6-8-12(13)10-15/h6-9,11,15H,4-5,10H2,1-3H3. The van der Waals surface area contributed by atoms with E-state index >= 15 is 0 Å². The molecule has 0 aliphatic carbocycles. The van der Waals surface area contributed by atoms with Crippen LogP contribution in [0.1, 0.15) is 32.8 Å². The Balaban J connectivity index is 3.00. The molecule has 0 aliphatic heterocycles. The summed E-state index contributed by atoms with van der Waals surface area (Å²) in [5.74, 6) is 0. The van der Waals surface area contributed by atoms with Crippen molar-refractivity contribution in [2.45, 2.75) is 39.8 Å². The van der Waals surface area contributed by atoms with E-state index in [9.17, 15) is 5.11 Å². The Hall–Kier alpha value is -1.02. The van der Waals surface area contributed by atoms with Gasteiger partial charge in [0.25, 0.3) is 0 Å². The lowest BCUT2D eigenvalue weighted by Crippen LogP contribution is -2.33. The average Bonchev–Trinajstić information content (AvgIpc) is 2.30. The van der Waals surface area contributed by atoms with E-state index in [1.807, 2.05) is 18.2 Å². The van der Waals surface area contributed by atoms with Crippen LogP contribution in [0.5, 0.6) is 0 Å². The summed E-state index contributed by atoms with van der Waals surface area (Å²) in [5.41, 5.74) is 2.18. The Morgan fingerprint density at radius 2 is 1.93 bits per heavy atom. The van der Waals surface area contributed by atoms with Crippen LogP contribution >= 0.6 is 0 Å². The van der Waals surface area contributed by atoms with Crippen LogP contribution in [0.3, 0.4) is 0 Å². The molecular formula is C13H21NO. The smallest absolute Gasteiger partial charge is 0.0702 e. The largest absolute Gasteiger partial charge is 0.392 e. The number of rotatable bonds is 5. The third kappa shape index (κ3) is 2.72. The second-order valence-electron chi connectivity index (χ2n) is 3.83. The van der Waals surface area contributed by atoms with Crippen molar-refractivity contribution in [3.63, 3.8) is 0 Å². The summed E-state index contributed by atoms with van der Waals surface area (Å²) in [6, 6.07) is 8.59. The van der Waals surface area contributed by atoms with Crippen LogP contribution in [0.2, 0.25) is 0 Å². The number of anilines is 1. The maximum atomic E-state index is 9.29. The molecule has 0 aliphatic rings. The monoisotopic (exact) mass is 207 g/mol. The SMILES string of the molecule is CCC(C)N(CC)c1ccccc1CO. The molecule has 1 aromatic rings. The van der Waals surface area contributed by atoms with Crippen LogP contribution in [0, 0.1) is 0 Å². The summed E-state index contributed by atoms with van der Waals surface area (Å²) < 4.78 is 0. The molecule has 2 heteroatoms.